The molecule has 1 aromatic rings. The number of nitrogens with one attached hydrogen (secondary N) is 1. The van der Waals surface area contributed by atoms with Crippen molar-refractivity contribution in [2.75, 3.05) is 18.1 Å². The number of benzene rings is 1. The van der Waals surface area contributed by atoms with Crippen LogP contribution in [-0.4, -0.2) is 29.9 Å². The number of carbonyl (C=O) groups is 1. The van der Waals surface area contributed by atoms with Gasteiger partial charge in [-0.25, -0.2) is 0 Å². The second-order valence-corrected chi connectivity index (χ2v) is 6.89. The van der Waals surface area contributed by atoms with E-state index in [1.807, 2.05) is 39.1 Å². The van der Waals surface area contributed by atoms with Gasteiger partial charge in [-0.15, -0.1) is 0 Å². The Balaban J connectivity index is 2.82. The molecular formula is C17H29N3O. The molecule has 0 bridgehead atoms. The topological polar surface area (TPSA) is 58.4 Å². The maximum absolute atomic E-state index is 12.5. The molecule has 4 nitrogen and oxygen atoms in total. The van der Waals surface area contributed by atoms with Crippen LogP contribution in [0.2, 0.25) is 0 Å². The van der Waals surface area contributed by atoms with E-state index >= 15 is 0 Å². The Morgan fingerprint density at radius 2 is 1.86 bits per heavy atom. The zero-order chi connectivity index (χ0) is 16.4. The normalized spacial score (nSPS) is 14.9. The zero-order valence-electron chi connectivity index (χ0n) is 14.3. The fraction of sp³-hybridized carbons (Fsp3) is 0.588. The molecule has 0 saturated heterocycles. The third-order valence-electron chi connectivity index (χ3n) is 4.49. The van der Waals surface area contributed by atoms with Crippen LogP contribution < -0.4 is 11.1 Å². The lowest BCUT2D eigenvalue weighted by molar-refractivity contribution is -0.121. The molecule has 3 N–H and O–H groups in total. The lowest BCUT2D eigenvalue weighted by Crippen LogP contribution is -2.48. The second-order valence-electron chi connectivity index (χ2n) is 6.89. The van der Waals surface area contributed by atoms with Gasteiger partial charge in [0.15, 0.2) is 0 Å². The van der Waals surface area contributed by atoms with Gasteiger partial charge in [0.25, 0.3) is 0 Å². The minimum Gasteiger partial charge on any atom is -0.398 e. The molecule has 0 aliphatic heterocycles. The Morgan fingerprint density at radius 3 is 2.38 bits per heavy atom. The first-order valence-electron chi connectivity index (χ1n) is 7.43. The summed E-state index contributed by atoms with van der Waals surface area (Å²) in [6, 6.07) is 5.65. The van der Waals surface area contributed by atoms with Crippen LogP contribution in [0.3, 0.4) is 0 Å². The Hall–Kier alpha value is -1.55. The Kier molecular flexibility index (Phi) is 5.40. The van der Waals surface area contributed by atoms with E-state index in [0.29, 0.717) is 11.7 Å². The van der Waals surface area contributed by atoms with Gasteiger partial charge in [0.1, 0.15) is 0 Å². The summed E-state index contributed by atoms with van der Waals surface area (Å²) in [5.74, 6) is -0.0118. The molecule has 2 atom stereocenters. The molecular weight excluding hydrogens is 262 g/mol. The molecule has 0 heterocycles. The molecule has 0 aromatic heterocycles. The third kappa shape index (κ3) is 4.21. The van der Waals surface area contributed by atoms with E-state index in [1.54, 1.807) is 0 Å². The van der Waals surface area contributed by atoms with Gasteiger partial charge < -0.3 is 11.1 Å². The van der Waals surface area contributed by atoms with Crippen molar-refractivity contribution in [2.24, 2.45) is 5.41 Å². The van der Waals surface area contributed by atoms with Gasteiger partial charge in [-0.3, -0.25) is 9.69 Å². The van der Waals surface area contributed by atoms with Crippen molar-refractivity contribution in [3.05, 3.63) is 23.8 Å². The van der Waals surface area contributed by atoms with Gasteiger partial charge in [-0.2, -0.15) is 0 Å². The molecule has 1 aromatic carbocycles. The van der Waals surface area contributed by atoms with Crippen molar-refractivity contribution in [2.45, 2.75) is 53.6 Å². The average molecular weight is 291 g/mol. The van der Waals surface area contributed by atoms with Crippen LogP contribution in [-0.2, 0) is 4.79 Å². The van der Waals surface area contributed by atoms with E-state index in [1.165, 1.54) is 0 Å². The molecule has 1 amide bonds. The summed E-state index contributed by atoms with van der Waals surface area (Å²) in [6.45, 7) is 12.5. The maximum atomic E-state index is 12.5. The summed E-state index contributed by atoms with van der Waals surface area (Å²) in [6.07, 6.45) is 0. The van der Waals surface area contributed by atoms with Crippen LogP contribution in [0, 0.1) is 12.3 Å². The minimum absolute atomic E-state index is 0.0118. The van der Waals surface area contributed by atoms with Crippen molar-refractivity contribution >= 4 is 17.3 Å². The molecule has 21 heavy (non-hydrogen) atoms. The van der Waals surface area contributed by atoms with E-state index in [2.05, 4.69) is 37.9 Å². The largest absolute Gasteiger partial charge is 0.398 e. The summed E-state index contributed by atoms with van der Waals surface area (Å²) in [5.41, 5.74) is 8.38. The highest BCUT2D eigenvalue weighted by Gasteiger charge is 2.29. The first kappa shape index (κ1) is 17.5. The number of likely N-dealkylation sites (N-methyl/N-ethyl adjacent to an activating group) is 1. The van der Waals surface area contributed by atoms with E-state index in [9.17, 15) is 4.79 Å². The Morgan fingerprint density at radius 1 is 1.29 bits per heavy atom. The molecule has 4 heteroatoms. The number of nitrogens with two attached hydrogens (primary N) is 1. The molecule has 0 radical (unpaired) electrons. The molecule has 0 aliphatic rings. The van der Waals surface area contributed by atoms with Gasteiger partial charge in [0, 0.05) is 17.4 Å². The first-order valence-corrected chi connectivity index (χ1v) is 7.43. The minimum atomic E-state index is -0.208. The number of nitrogen functional groups attached to an aromatic ring is 1. The number of rotatable bonds is 4. The fourth-order valence-corrected chi connectivity index (χ4v) is 2.16. The van der Waals surface area contributed by atoms with Gasteiger partial charge in [-0.1, -0.05) is 26.8 Å². The summed E-state index contributed by atoms with van der Waals surface area (Å²) in [4.78, 5) is 14.6. The zero-order valence-corrected chi connectivity index (χ0v) is 14.3. The number of anilines is 2. The molecule has 0 saturated carbocycles. The summed E-state index contributed by atoms with van der Waals surface area (Å²) in [7, 11) is 1.99. The Labute approximate surface area is 128 Å². The van der Waals surface area contributed by atoms with Crippen molar-refractivity contribution in [1.82, 2.24) is 4.90 Å². The molecule has 0 fully saturated rings. The van der Waals surface area contributed by atoms with Crippen molar-refractivity contribution in [1.29, 1.82) is 0 Å². The quantitative estimate of drug-likeness (QED) is 0.837. The van der Waals surface area contributed by atoms with Crippen LogP contribution in [0.25, 0.3) is 0 Å². The number of hydrogen-bond acceptors (Lipinski definition) is 3. The molecule has 1 rings (SSSR count). The third-order valence-corrected chi connectivity index (χ3v) is 4.49. The highest BCUT2D eigenvalue weighted by atomic mass is 16.2. The highest BCUT2D eigenvalue weighted by molar-refractivity contribution is 5.95. The number of hydrogen-bond donors (Lipinski definition) is 2. The molecule has 0 spiro atoms. The SMILES string of the molecule is Cc1c(N)cccc1NC(=O)C(C)N(C)C(C)C(C)(C)C. The highest BCUT2D eigenvalue weighted by Crippen LogP contribution is 2.25. The number of amides is 1. The fourth-order valence-electron chi connectivity index (χ4n) is 2.16. The van der Waals surface area contributed by atoms with Crippen molar-refractivity contribution < 1.29 is 4.79 Å². The van der Waals surface area contributed by atoms with Gasteiger partial charge in [0.05, 0.1) is 6.04 Å². The second kappa shape index (κ2) is 6.48. The lowest BCUT2D eigenvalue weighted by Gasteiger charge is -2.38. The van der Waals surface area contributed by atoms with Crippen LogP contribution in [0.4, 0.5) is 11.4 Å². The smallest absolute Gasteiger partial charge is 0.241 e. The lowest BCUT2D eigenvalue weighted by atomic mass is 9.86. The van der Waals surface area contributed by atoms with Crippen LogP contribution >= 0.6 is 0 Å². The van der Waals surface area contributed by atoms with Gasteiger partial charge >= 0.3 is 0 Å². The van der Waals surface area contributed by atoms with Crippen LogP contribution in [0.5, 0.6) is 0 Å². The molecule has 118 valence electrons. The Bertz CT molecular complexity index is 505. The van der Waals surface area contributed by atoms with Crippen molar-refractivity contribution in [3.8, 4) is 0 Å². The number of nitrogens with zero attached hydrogens (tertiary/aromatic N) is 1. The molecule has 0 aliphatic carbocycles. The van der Waals surface area contributed by atoms with E-state index in [4.69, 9.17) is 5.73 Å². The monoisotopic (exact) mass is 291 g/mol. The standard InChI is InChI=1S/C17H29N3O/c1-11-14(18)9-8-10-15(11)19-16(21)12(2)20(7)13(3)17(4,5)6/h8-10,12-13H,18H2,1-7H3,(H,19,21). The van der Waals surface area contributed by atoms with E-state index in [-0.39, 0.29) is 17.4 Å². The van der Waals surface area contributed by atoms with Gasteiger partial charge in [-0.05, 0) is 50.9 Å². The van der Waals surface area contributed by atoms with Crippen LogP contribution in [0.15, 0.2) is 18.2 Å². The van der Waals surface area contributed by atoms with Crippen LogP contribution in [0.1, 0.15) is 40.2 Å². The summed E-state index contributed by atoms with van der Waals surface area (Å²) >= 11 is 0. The average Bonchev–Trinajstić information content (AvgIpc) is 2.40. The summed E-state index contributed by atoms with van der Waals surface area (Å²) in [5, 5.41) is 2.98. The summed E-state index contributed by atoms with van der Waals surface area (Å²) < 4.78 is 0. The van der Waals surface area contributed by atoms with Crippen molar-refractivity contribution in [3.63, 3.8) is 0 Å². The van der Waals surface area contributed by atoms with E-state index in [0.717, 1.165) is 11.3 Å². The number of carbonyl (C=O) groups excluding carboxylic acids is 1. The van der Waals surface area contributed by atoms with Gasteiger partial charge in [0.2, 0.25) is 5.91 Å². The maximum Gasteiger partial charge on any atom is 0.241 e. The predicted octanol–water partition coefficient (Wildman–Crippen LogP) is 3.27. The predicted molar refractivity (Wildman–Crippen MR) is 90.4 cm³/mol. The molecule has 2 unspecified atom stereocenters. The van der Waals surface area contributed by atoms with E-state index < -0.39 is 0 Å². The first-order chi connectivity index (χ1) is 9.55.